The van der Waals surface area contributed by atoms with Crippen molar-refractivity contribution in [3.8, 4) is 0 Å². The highest BCUT2D eigenvalue weighted by Gasteiger charge is 2.16. The lowest BCUT2D eigenvalue weighted by Crippen LogP contribution is -3.11. The van der Waals surface area contributed by atoms with Crippen LogP contribution in [0.3, 0.4) is 0 Å². The Morgan fingerprint density at radius 2 is 2.12 bits per heavy atom. The lowest BCUT2D eigenvalue weighted by molar-refractivity contribution is -0.904. The lowest BCUT2D eigenvalue weighted by atomic mass is 10.1. The number of carbonyl (C=O) groups excluding carboxylic acids is 1. The molecular formula is C20H23N2O3S+. The predicted octanol–water partition coefficient (Wildman–Crippen LogP) is 1.88. The number of nitrogens with one attached hydrogen (secondary N) is 2. The maximum atomic E-state index is 12.3. The van der Waals surface area contributed by atoms with E-state index in [0.717, 1.165) is 32.8 Å². The number of benzene rings is 1. The van der Waals surface area contributed by atoms with Crippen molar-refractivity contribution in [3.63, 3.8) is 0 Å². The van der Waals surface area contributed by atoms with Crippen molar-refractivity contribution in [2.45, 2.75) is 26.9 Å². The number of hydrogen-bond acceptors (Lipinski definition) is 4. The summed E-state index contributed by atoms with van der Waals surface area (Å²) < 4.78 is 5.32. The third-order valence-corrected chi connectivity index (χ3v) is 5.25. The van der Waals surface area contributed by atoms with E-state index in [2.05, 4.69) is 5.32 Å². The summed E-state index contributed by atoms with van der Waals surface area (Å²) in [6, 6.07) is 11.4. The minimum Gasteiger partial charge on any atom is -0.423 e. The minimum atomic E-state index is -0.351. The van der Waals surface area contributed by atoms with Crippen LogP contribution in [-0.2, 0) is 17.9 Å². The second-order valence-electron chi connectivity index (χ2n) is 6.40. The molecule has 136 valence electrons. The van der Waals surface area contributed by atoms with E-state index in [-0.39, 0.29) is 11.5 Å². The summed E-state index contributed by atoms with van der Waals surface area (Å²) in [5.74, 6) is 0.0124. The maximum absolute atomic E-state index is 12.3. The number of rotatable bonds is 7. The van der Waals surface area contributed by atoms with Crippen molar-refractivity contribution in [3.05, 3.63) is 68.2 Å². The molecule has 1 unspecified atom stereocenters. The van der Waals surface area contributed by atoms with Crippen molar-refractivity contribution < 1.29 is 14.1 Å². The first kappa shape index (κ1) is 18.4. The van der Waals surface area contributed by atoms with Gasteiger partial charge in [-0.15, -0.1) is 11.3 Å². The van der Waals surface area contributed by atoms with Crippen LogP contribution >= 0.6 is 11.3 Å². The number of aryl methyl sites for hydroxylation is 1. The summed E-state index contributed by atoms with van der Waals surface area (Å²) in [5.41, 5.74) is 2.21. The largest absolute Gasteiger partial charge is 0.423 e. The molecule has 0 bridgehead atoms. The molecule has 5 nitrogen and oxygen atoms in total. The average Bonchev–Trinajstić information content (AvgIpc) is 3.12. The minimum absolute atomic E-state index is 0.0124. The fraction of sp³-hybridized carbons (Fsp3) is 0.300. The molecule has 0 aliphatic heterocycles. The Balaban J connectivity index is 1.70. The average molecular weight is 371 g/mol. The number of hydrogen-bond donors (Lipinski definition) is 2. The van der Waals surface area contributed by atoms with Crippen LogP contribution in [0.2, 0.25) is 0 Å². The van der Waals surface area contributed by atoms with Gasteiger partial charge in [-0.2, -0.15) is 0 Å². The smallest absolute Gasteiger partial charge is 0.336 e. The number of thiophene rings is 1. The third kappa shape index (κ3) is 4.59. The van der Waals surface area contributed by atoms with Crippen molar-refractivity contribution in [2.24, 2.45) is 0 Å². The Hall–Kier alpha value is -2.44. The standard InChI is InChI=1S/C20H22N2O3S/c1-3-22(13-19(23)21-11-16-5-4-8-26-16)12-15-10-20(24)25-18-9-14(2)6-7-17(15)18/h4-10H,3,11-13H2,1-2H3,(H,21,23)/p+1. The second-order valence-corrected chi connectivity index (χ2v) is 7.44. The SMILES string of the molecule is CC[NH+](CC(=O)NCc1cccs1)Cc1cc(=O)oc2cc(C)ccc12. The van der Waals surface area contributed by atoms with Crippen molar-refractivity contribution in [1.29, 1.82) is 0 Å². The summed E-state index contributed by atoms with van der Waals surface area (Å²) in [4.78, 5) is 26.4. The second kappa shape index (κ2) is 8.29. The third-order valence-electron chi connectivity index (χ3n) is 4.38. The van der Waals surface area contributed by atoms with Crippen LogP contribution in [0, 0.1) is 6.92 Å². The molecule has 0 aliphatic rings. The highest BCUT2D eigenvalue weighted by molar-refractivity contribution is 7.09. The first-order valence-corrected chi connectivity index (χ1v) is 9.59. The summed E-state index contributed by atoms with van der Waals surface area (Å²) >= 11 is 1.63. The van der Waals surface area contributed by atoms with Gasteiger partial charge in [0.25, 0.3) is 5.91 Å². The van der Waals surface area contributed by atoms with Gasteiger partial charge in [-0.05, 0) is 36.9 Å². The van der Waals surface area contributed by atoms with Gasteiger partial charge < -0.3 is 14.6 Å². The first-order valence-electron chi connectivity index (χ1n) is 8.71. The molecule has 26 heavy (non-hydrogen) atoms. The predicted molar refractivity (Wildman–Crippen MR) is 103 cm³/mol. The lowest BCUT2D eigenvalue weighted by Gasteiger charge is -2.18. The number of likely N-dealkylation sites (N-methyl/N-ethyl adjacent to an activating group) is 1. The van der Waals surface area contributed by atoms with Crippen molar-refractivity contribution in [2.75, 3.05) is 13.1 Å². The van der Waals surface area contributed by atoms with Crippen LogP contribution in [0.1, 0.15) is 22.9 Å². The van der Waals surface area contributed by atoms with Gasteiger partial charge in [-0.3, -0.25) is 4.79 Å². The van der Waals surface area contributed by atoms with E-state index in [9.17, 15) is 9.59 Å². The molecule has 3 rings (SSSR count). The van der Waals surface area contributed by atoms with E-state index in [1.165, 1.54) is 6.07 Å². The molecule has 2 aromatic heterocycles. The highest BCUT2D eigenvalue weighted by atomic mass is 32.1. The van der Waals surface area contributed by atoms with Gasteiger partial charge in [0.2, 0.25) is 0 Å². The summed E-state index contributed by atoms with van der Waals surface area (Å²) in [5, 5.41) is 5.89. The number of amides is 1. The molecule has 0 saturated carbocycles. The van der Waals surface area contributed by atoms with Gasteiger partial charge in [0.05, 0.1) is 13.1 Å². The van der Waals surface area contributed by atoms with Crippen LogP contribution < -0.4 is 15.8 Å². The monoisotopic (exact) mass is 371 g/mol. The zero-order chi connectivity index (χ0) is 18.5. The topological polar surface area (TPSA) is 63.8 Å². The van der Waals surface area contributed by atoms with Crippen LogP contribution in [0.25, 0.3) is 11.0 Å². The van der Waals surface area contributed by atoms with Crippen LogP contribution in [0.4, 0.5) is 0 Å². The summed E-state index contributed by atoms with van der Waals surface area (Å²) in [6.45, 7) is 6.33. The van der Waals surface area contributed by atoms with E-state index in [1.807, 2.05) is 49.6 Å². The highest BCUT2D eigenvalue weighted by Crippen LogP contribution is 2.17. The normalized spacial score (nSPS) is 12.2. The molecule has 1 aromatic carbocycles. The zero-order valence-corrected chi connectivity index (χ0v) is 15.8. The quantitative estimate of drug-likeness (QED) is 0.624. The number of quaternary nitrogens is 1. The summed E-state index contributed by atoms with van der Waals surface area (Å²) in [7, 11) is 0. The van der Waals surface area contributed by atoms with Gasteiger partial charge in [-0.1, -0.05) is 18.2 Å². The van der Waals surface area contributed by atoms with Gasteiger partial charge in [-0.25, -0.2) is 4.79 Å². The van der Waals surface area contributed by atoms with Gasteiger partial charge in [0.15, 0.2) is 6.54 Å². The van der Waals surface area contributed by atoms with E-state index in [4.69, 9.17) is 4.42 Å². The fourth-order valence-corrected chi connectivity index (χ4v) is 3.60. The molecule has 0 aliphatic carbocycles. The van der Waals surface area contributed by atoms with Crippen LogP contribution in [0.15, 0.2) is 51.0 Å². The molecule has 1 atom stereocenters. The Morgan fingerprint density at radius 1 is 1.27 bits per heavy atom. The van der Waals surface area contributed by atoms with Crippen molar-refractivity contribution in [1.82, 2.24) is 5.32 Å². The molecule has 2 heterocycles. The summed E-state index contributed by atoms with van der Waals surface area (Å²) in [6.07, 6.45) is 0. The van der Waals surface area contributed by atoms with Crippen LogP contribution in [-0.4, -0.2) is 19.0 Å². The van der Waals surface area contributed by atoms with Crippen LogP contribution in [0.5, 0.6) is 0 Å². The first-order chi connectivity index (χ1) is 12.5. The molecule has 3 aromatic rings. The molecule has 2 N–H and O–H groups in total. The fourth-order valence-electron chi connectivity index (χ4n) is 2.95. The molecule has 0 spiro atoms. The van der Waals surface area contributed by atoms with E-state index in [1.54, 1.807) is 11.3 Å². The maximum Gasteiger partial charge on any atom is 0.336 e. The zero-order valence-electron chi connectivity index (χ0n) is 15.0. The van der Waals surface area contributed by atoms with Gasteiger partial charge in [0, 0.05) is 21.9 Å². The molecule has 0 saturated heterocycles. The number of fused-ring (bicyclic) bond motifs is 1. The van der Waals surface area contributed by atoms with E-state index >= 15 is 0 Å². The molecule has 0 radical (unpaired) electrons. The Kier molecular flexibility index (Phi) is 5.85. The van der Waals surface area contributed by atoms with E-state index in [0.29, 0.717) is 25.2 Å². The Bertz CT molecular complexity index is 947. The number of carbonyl (C=O) groups is 1. The van der Waals surface area contributed by atoms with Gasteiger partial charge >= 0.3 is 5.63 Å². The molecule has 1 amide bonds. The van der Waals surface area contributed by atoms with E-state index < -0.39 is 0 Å². The Morgan fingerprint density at radius 3 is 2.85 bits per heavy atom. The molecule has 0 fully saturated rings. The van der Waals surface area contributed by atoms with Crippen molar-refractivity contribution >= 4 is 28.2 Å². The molecule has 6 heteroatoms. The van der Waals surface area contributed by atoms with Gasteiger partial charge in [0.1, 0.15) is 12.1 Å². The Labute approximate surface area is 156 Å². The molecular weight excluding hydrogens is 348 g/mol.